The second-order valence-corrected chi connectivity index (χ2v) is 6.35. The number of nitrogens with one attached hydrogen (secondary N) is 1. The smallest absolute Gasteiger partial charge is 0.0755 e. The van der Waals surface area contributed by atoms with Gasteiger partial charge >= 0.3 is 0 Å². The summed E-state index contributed by atoms with van der Waals surface area (Å²) in [5, 5.41) is 11.8. The molecule has 0 atom stereocenters. The molecule has 13 heavy (non-hydrogen) atoms. The summed E-state index contributed by atoms with van der Waals surface area (Å²) in [7, 11) is 0. The molecule has 0 radical (unpaired) electrons. The molecule has 0 saturated heterocycles. The van der Waals surface area contributed by atoms with E-state index in [9.17, 15) is 0 Å². The molecule has 1 aromatic rings. The maximum atomic E-state index is 8.57. The van der Waals surface area contributed by atoms with Crippen molar-refractivity contribution in [1.82, 2.24) is 5.32 Å². The first kappa shape index (κ1) is 11.7. The molecule has 0 saturated carbocycles. The Balaban J connectivity index is 2.32. The van der Waals surface area contributed by atoms with Crippen molar-refractivity contribution in [3.05, 3.63) is 19.2 Å². The Labute approximate surface area is 98.6 Å². The highest BCUT2D eigenvalue weighted by Crippen LogP contribution is 2.31. The molecule has 2 N–H and O–H groups in total. The summed E-state index contributed by atoms with van der Waals surface area (Å²) in [5.41, 5.74) is 1.26. The number of hydrogen-bond acceptors (Lipinski definition) is 3. The lowest BCUT2D eigenvalue weighted by molar-refractivity contribution is 0.286. The summed E-state index contributed by atoms with van der Waals surface area (Å²) in [4.78, 5) is 0. The minimum absolute atomic E-state index is 0.251. The van der Waals surface area contributed by atoms with Gasteiger partial charge in [0.2, 0.25) is 0 Å². The summed E-state index contributed by atoms with van der Waals surface area (Å²) in [5.74, 6) is 0. The van der Waals surface area contributed by atoms with Crippen molar-refractivity contribution < 1.29 is 5.11 Å². The molecule has 2 nitrogen and oxygen atoms in total. The van der Waals surface area contributed by atoms with Crippen LogP contribution in [0.1, 0.15) is 12.0 Å². The van der Waals surface area contributed by atoms with E-state index in [1.54, 1.807) is 11.3 Å². The first-order valence-corrected chi connectivity index (χ1v) is 6.39. The molecular formula is C8H11Br2NOS. The van der Waals surface area contributed by atoms with Gasteiger partial charge in [0.1, 0.15) is 0 Å². The van der Waals surface area contributed by atoms with Gasteiger partial charge in [0, 0.05) is 13.2 Å². The van der Waals surface area contributed by atoms with Gasteiger partial charge in [-0.3, -0.25) is 0 Å². The number of hydrogen-bond donors (Lipinski definition) is 2. The number of halogens is 2. The van der Waals surface area contributed by atoms with Gasteiger partial charge in [-0.25, -0.2) is 0 Å². The number of rotatable bonds is 5. The highest BCUT2D eigenvalue weighted by Gasteiger charge is 2.03. The molecule has 0 aliphatic rings. The van der Waals surface area contributed by atoms with Crippen LogP contribution in [0.15, 0.2) is 13.6 Å². The highest BCUT2D eigenvalue weighted by atomic mass is 79.9. The van der Waals surface area contributed by atoms with Crippen LogP contribution in [-0.2, 0) is 6.54 Å². The molecule has 0 unspecified atom stereocenters. The molecule has 0 spiro atoms. The Hall–Kier alpha value is 0.580. The van der Waals surface area contributed by atoms with Gasteiger partial charge in [0.05, 0.1) is 7.57 Å². The number of aliphatic hydroxyl groups excluding tert-OH is 1. The van der Waals surface area contributed by atoms with Crippen LogP contribution in [0.25, 0.3) is 0 Å². The average Bonchev–Trinajstić information content (AvgIpc) is 2.39. The molecule has 0 aliphatic carbocycles. The quantitative estimate of drug-likeness (QED) is 0.815. The Kier molecular flexibility index (Phi) is 5.50. The first-order valence-electron chi connectivity index (χ1n) is 3.99. The van der Waals surface area contributed by atoms with E-state index in [4.69, 9.17) is 5.11 Å². The predicted octanol–water partition coefficient (Wildman–Crippen LogP) is 2.75. The van der Waals surface area contributed by atoms with Crippen molar-refractivity contribution in [3.63, 3.8) is 0 Å². The van der Waals surface area contributed by atoms with Crippen LogP contribution in [0.4, 0.5) is 0 Å². The lowest BCUT2D eigenvalue weighted by atomic mass is 10.3. The molecule has 1 aromatic heterocycles. The minimum Gasteiger partial charge on any atom is -0.396 e. The van der Waals surface area contributed by atoms with E-state index >= 15 is 0 Å². The minimum atomic E-state index is 0.251. The standard InChI is InChI=1S/C8H11Br2NOS/c9-7-4-6(8(10)13-7)5-11-2-1-3-12/h4,11-12H,1-3,5H2. The predicted molar refractivity (Wildman–Crippen MR) is 63.1 cm³/mol. The lowest BCUT2D eigenvalue weighted by Gasteiger charge is -2.01. The third kappa shape index (κ3) is 4.08. The summed E-state index contributed by atoms with van der Waals surface area (Å²) < 4.78 is 2.30. The fourth-order valence-electron chi connectivity index (χ4n) is 0.922. The highest BCUT2D eigenvalue weighted by molar-refractivity contribution is 9.12. The fourth-order valence-corrected chi connectivity index (χ4v) is 3.75. The summed E-state index contributed by atoms with van der Waals surface area (Å²) in [6, 6.07) is 2.10. The van der Waals surface area contributed by atoms with E-state index in [1.165, 1.54) is 5.56 Å². The van der Waals surface area contributed by atoms with E-state index in [-0.39, 0.29) is 6.61 Å². The van der Waals surface area contributed by atoms with E-state index in [0.29, 0.717) is 0 Å². The largest absolute Gasteiger partial charge is 0.396 e. The maximum absolute atomic E-state index is 8.57. The first-order chi connectivity index (χ1) is 6.24. The van der Waals surface area contributed by atoms with Crippen LogP contribution in [-0.4, -0.2) is 18.3 Å². The Bertz CT molecular complexity index is 265. The van der Waals surface area contributed by atoms with Gasteiger partial charge in [0.15, 0.2) is 0 Å². The number of aliphatic hydroxyl groups is 1. The molecule has 1 heterocycles. The Morgan fingerprint density at radius 1 is 1.46 bits per heavy atom. The molecule has 0 bridgehead atoms. The summed E-state index contributed by atoms with van der Waals surface area (Å²) in [6.07, 6.45) is 0.808. The fraction of sp³-hybridized carbons (Fsp3) is 0.500. The molecule has 0 aromatic carbocycles. The van der Waals surface area contributed by atoms with E-state index in [2.05, 4.69) is 43.2 Å². The van der Waals surface area contributed by atoms with Crippen molar-refractivity contribution in [2.75, 3.05) is 13.2 Å². The van der Waals surface area contributed by atoms with Crippen LogP contribution >= 0.6 is 43.2 Å². The molecule has 0 amide bonds. The third-order valence-electron chi connectivity index (χ3n) is 1.55. The van der Waals surface area contributed by atoms with Crippen molar-refractivity contribution >= 4 is 43.2 Å². The SMILES string of the molecule is OCCCNCc1cc(Br)sc1Br. The van der Waals surface area contributed by atoms with E-state index in [1.807, 2.05) is 0 Å². The van der Waals surface area contributed by atoms with Crippen LogP contribution in [0.3, 0.4) is 0 Å². The van der Waals surface area contributed by atoms with Crippen LogP contribution in [0, 0.1) is 0 Å². The molecular weight excluding hydrogens is 318 g/mol. The zero-order valence-corrected chi connectivity index (χ0v) is 11.0. The summed E-state index contributed by atoms with van der Waals surface area (Å²) in [6.45, 7) is 1.96. The van der Waals surface area contributed by atoms with Crippen LogP contribution in [0.5, 0.6) is 0 Å². The van der Waals surface area contributed by atoms with Gasteiger partial charge in [-0.15, -0.1) is 11.3 Å². The third-order valence-corrected chi connectivity index (χ3v) is 4.02. The molecule has 0 aliphatic heterocycles. The van der Waals surface area contributed by atoms with Crippen LogP contribution < -0.4 is 5.32 Å². The van der Waals surface area contributed by atoms with Crippen LogP contribution in [0.2, 0.25) is 0 Å². The zero-order chi connectivity index (χ0) is 9.68. The van der Waals surface area contributed by atoms with Gasteiger partial charge in [0.25, 0.3) is 0 Å². The van der Waals surface area contributed by atoms with Crippen molar-refractivity contribution in [3.8, 4) is 0 Å². The number of thiophene rings is 1. The van der Waals surface area contributed by atoms with Gasteiger partial charge in [-0.1, -0.05) is 0 Å². The molecule has 5 heteroatoms. The molecule has 1 rings (SSSR count). The Morgan fingerprint density at radius 2 is 2.23 bits per heavy atom. The topological polar surface area (TPSA) is 32.3 Å². The Morgan fingerprint density at radius 3 is 2.77 bits per heavy atom. The maximum Gasteiger partial charge on any atom is 0.0755 e. The second-order valence-electron chi connectivity index (χ2n) is 2.60. The van der Waals surface area contributed by atoms with Gasteiger partial charge in [-0.2, -0.15) is 0 Å². The molecule has 74 valence electrons. The van der Waals surface area contributed by atoms with Crippen molar-refractivity contribution in [2.24, 2.45) is 0 Å². The monoisotopic (exact) mass is 327 g/mol. The zero-order valence-electron chi connectivity index (χ0n) is 7.02. The van der Waals surface area contributed by atoms with E-state index < -0.39 is 0 Å². The lowest BCUT2D eigenvalue weighted by Crippen LogP contribution is -2.15. The summed E-state index contributed by atoms with van der Waals surface area (Å²) >= 11 is 8.59. The second kappa shape index (κ2) is 6.14. The van der Waals surface area contributed by atoms with Crippen molar-refractivity contribution in [2.45, 2.75) is 13.0 Å². The molecule has 0 fully saturated rings. The van der Waals surface area contributed by atoms with Crippen molar-refractivity contribution in [1.29, 1.82) is 0 Å². The van der Waals surface area contributed by atoms with Gasteiger partial charge < -0.3 is 10.4 Å². The normalized spacial score (nSPS) is 10.7. The van der Waals surface area contributed by atoms with E-state index in [0.717, 1.165) is 27.1 Å². The average molecular weight is 329 g/mol. The van der Waals surface area contributed by atoms with Gasteiger partial charge in [-0.05, 0) is 56.5 Å².